The number of halogens is 6. The van der Waals surface area contributed by atoms with Crippen LogP contribution in [0.15, 0.2) is 30.4 Å². The Morgan fingerprint density at radius 1 is 0.947 bits per heavy atom. The first kappa shape index (κ1) is 15.3. The van der Waals surface area contributed by atoms with Crippen molar-refractivity contribution in [1.82, 2.24) is 0 Å². The zero-order valence-electron chi connectivity index (χ0n) is 9.62. The number of Topliss-reactive ketones (excluding diaryl/α,β-unsaturated/α-hetero) is 1. The molecule has 0 aliphatic rings. The maximum absolute atomic E-state index is 12.5. The number of carbonyl (C=O) groups is 1. The van der Waals surface area contributed by atoms with Crippen LogP contribution in [0.2, 0.25) is 0 Å². The van der Waals surface area contributed by atoms with Crippen molar-refractivity contribution in [2.75, 3.05) is 0 Å². The van der Waals surface area contributed by atoms with E-state index in [0.717, 1.165) is 0 Å². The number of carbonyl (C=O) groups excluding carboxylic acids is 1. The molecule has 0 aromatic heterocycles. The second-order valence-electron chi connectivity index (χ2n) is 3.90. The molecule has 19 heavy (non-hydrogen) atoms. The standard InChI is InChI=1S/C12H8F6O/c1-6(2)10(19)7-3-8(11(13,14)15)5-9(4-7)12(16,17)18/h3-5H,1H2,2H3. The number of allylic oxidation sites excluding steroid dienone is 1. The molecule has 0 aliphatic heterocycles. The van der Waals surface area contributed by atoms with E-state index in [0.29, 0.717) is 12.1 Å². The summed E-state index contributed by atoms with van der Waals surface area (Å²) in [5.74, 6) is -0.961. The molecule has 0 aliphatic carbocycles. The lowest BCUT2D eigenvalue weighted by atomic mass is 9.99. The van der Waals surface area contributed by atoms with Crippen LogP contribution in [-0.2, 0) is 12.4 Å². The Morgan fingerprint density at radius 3 is 1.58 bits per heavy atom. The Labute approximate surface area is 104 Å². The minimum absolute atomic E-state index is 0.0325. The Bertz CT molecular complexity index is 492. The van der Waals surface area contributed by atoms with Crippen LogP contribution in [0.25, 0.3) is 0 Å². The summed E-state index contributed by atoms with van der Waals surface area (Å²) in [6.07, 6.45) is -9.93. The lowest BCUT2D eigenvalue weighted by Crippen LogP contribution is -2.13. The van der Waals surface area contributed by atoms with Crippen molar-refractivity contribution in [3.05, 3.63) is 47.0 Å². The topological polar surface area (TPSA) is 17.1 Å². The van der Waals surface area contributed by atoms with Crippen molar-refractivity contribution < 1.29 is 31.1 Å². The fourth-order valence-corrected chi connectivity index (χ4v) is 1.33. The molecule has 1 aromatic carbocycles. The SMILES string of the molecule is C=C(C)C(=O)c1cc(C(F)(F)F)cc(C(F)(F)F)c1. The molecule has 0 saturated heterocycles. The van der Waals surface area contributed by atoms with Crippen molar-refractivity contribution in [3.8, 4) is 0 Å². The predicted octanol–water partition coefficient (Wildman–Crippen LogP) is 4.48. The van der Waals surface area contributed by atoms with E-state index in [1.807, 2.05) is 0 Å². The average molecular weight is 282 g/mol. The van der Waals surface area contributed by atoms with Gasteiger partial charge in [-0.05, 0) is 30.7 Å². The smallest absolute Gasteiger partial charge is 0.289 e. The molecule has 0 fully saturated rings. The number of benzene rings is 1. The van der Waals surface area contributed by atoms with E-state index in [9.17, 15) is 31.1 Å². The summed E-state index contributed by atoms with van der Waals surface area (Å²) >= 11 is 0. The van der Waals surface area contributed by atoms with Gasteiger partial charge in [0.2, 0.25) is 0 Å². The van der Waals surface area contributed by atoms with Crippen LogP contribution in [0.3, 0.4) is 0 Å². The second kappa shape index (κ2) is 4.71. The Hall–Kier alpha value is -1.79. The van der Waals surface area contributed by atoms with Gasteiger partial charge in [0, 0.05) is 5.56 Å². The van der Waals surface area contributed by atoms with Gasteiger partial charge < -0.3 is 0 Å². The molecule has 104 valence electrons. The van der Waals surface area contributed by atoms with Crippen LogP contribution in [0, 0.1) is 0 Å². The lowest BCUT2D eigenvalue weighted by molar-refractivity contribution is -0.143. The molecule has 1 nitrogen and oxygen atoms in total. The number of rotatable bonds is 2. The van der Waals surface area contributed by atoms with Crippen LogP contribution in [-0.4, -0.2) is 5.78 Å². The van der Waals surface area contributed by atoms with E-state index in [1.165, 1.54) is 6.92 Å². The van der Waals surface area contributed by atoms with Crippen molar-refractivity contribution in [1.29, 1.82) is 0 Å². The summed E-state index contributed by atoms with van der Waals surface area (Å²) in [5.41, 5.74) is -3.87. The highest BCUT2D eigenvalue weighted by molar-refractivity contribution is 6.08. The molecule has 1 aromatic rings. The third kappa shape index (κ3) is 3.59. The van der Waals surface area contributed by atoms with Crippen molar-refractivity contribution in [2.45, 2.75) is 19.3 Å². The van der Waals surface area contributed by atoms with Gasteiger partial charge in [0.25, 0.3) is 0 Å². The monoisotopic (exact) mass is 282 g/mol. The van der Waals surface area contributed by atoms with Gasteiger partial charge in [-0.2, -0.15) is 26.3 Å². The average Bonchev–Trinajstić information content (AvgIpc) is 2.24. The zero-order chi connectivity index (χ0) is 15.0. The van der Waals surface area contributed by atoms with Crippen molar-refractivity contribution in [2.24, 2.45) is 0 Å². The van der Waals surface area contributed by atoms with Crippen LogP contribution < -0.4 is 0 Å². The molecule has 7 heteroatoms. The van der Waals surface area contributed by atoms with E-state index in [-0.39, 0.29) is 11.6 Å². The van der Waals surface area contributed by atoms with Gasteiger partial charge in [-0.1, -0.05) is 6.58 Å². The molecule has 0 radical (unpaired) electrons. The van der Waals surface area contributed by atoms with Gasteiger partial charge in [-0.25, -0.2) is 0 Å². The molecular weight excluding hydrogens is 274 g/mol. The molecule has 0 saturated carbocycles. The van der Waals surface area contributed by atoms with Crippen LogP contribution in [0.5, 0.6) is 0 Å². The van der Waals surface area contributed by atoms with E-state index >= 15 is 0 Å². The van der Waals surface area contributed by atoms with E-state index in [4.69, 9.17) is 0 Å². The first-order valence-corrected chi connectivity index (χ1v) is 4.92. The third-order valence-corrected chi connectivity index (χ3v) is 2.24. The lowest BCUT2D eigenvalue weighted by Gasteiger charge is -2.13. The normalized spacial score (nSPS) is 12.4. The van der Waals surface area contributed by atoms with E-state index in [1.54, 1.807) is 0 Å². The molecule has 0 heterocycles. The number of alkyl halides is 6. The Morgan fingerprint density at radius 2 is 1.32 bits per heavy atom. The third-order valence-electron chi connectivity index (χ3n) is 2.24. The number of hydrogen-bond donors (Lipinski definition) is 0. The fourth-order valence-electron chi connectivity index (χ4n) is 1.33. The largest absolute Gasteiger partial charge is 0.416 e. The van der Waals surface area contributed by atoms with Gasteiger partial charge >= 0.3 is 12.4 Å². The summed E-state index contributed by atoms with van der Waals surface area (Å²) in [5, 5.41) is 0. The molecule has 0 spiro atoms. The van der Waals surface area contributed by atoms with E-state index in [2.05, 4.69) is 6.58 Å². The second-order valence-corrected chi connectivity index (χ2v) is 3.90. The maximum Gasteiger partial charge on any atom is 0.416 e. The van der Waals surface area contributed by atoms with Gasteiger partial charge in [0.1, 0.15) is 0 Å². The molecule has 0 bridgehead atoms. The highest BCUT2D eigenvalue weighted by Crippen LogP contribution is 2.36. The minimum atomic E-state index is -4.97. The zero-order valence-corrected chi connectivity index (χ0v) is 9.62. The number of ketones is 1. The quantitative estimate of drug-likeness (QED) is 0.444. The van der Waals surface area contributed by atoms with Gasteiger partial charge in [0.15, 0.2) is 5.78 Å². The first-order chi connectivity index (χ1) is 8.43. The van der Waals surface area contributed by atoms with Crippen LogP contribution in [0.4, 0.5) is 26.3 Å². The van der Waals surface area contributed by atoms with Gasteiger partial charge in [-0.3, -0.25) is 4.79 Å². The maximum atomic E-state index is 12.5. The minimum Gasteiger partial charge on any atom is -0.289 e. The molecule has 1 rings (SSSR count). The van der Waals surface area contributed by atoms with Gasteiger partial charge in [-0.15, -0.1) is 0 Å². The van der Waals surface area contributed by atoms with Crippen molar-refractivity contribution >= 4 is 5.78 Å². The fraction of sp³-hybridized carbons (Fsp3) is 0.250. The summed E-state index contributed by atoms with van der Waals surface area (Å²) in [6.45, 7) is 4.41. The Kier molecular flexibility index (Phi) is 3.79. The highest BCUT2D eigenvalue weighted by Gasteiger charge is 2.37. The predicted molar refractivity (Wildman–Crippen MR) is 55.6 cm³/mol. The Balaban J connectivity index is 3.50. The summed E-state index contributed by atoms with van der Waals surface area (Å²) < 4.78 is 75.0. The highest BCUT2D eigenvalue weighted by atomic mass is 19.4. The molecule has 0 N–H and O–H groups in total. The number of hydrogen-bond acceptors (Lipinski definition) is 1. The molecule has 0 amide bonds. The summed E-state index contributed by atoms with van der Waals surface area (Å²) in [4.78, 5) is 11.5. The molecule has 0 unspecified atom stereocenters. The molecular formula is C12H8F6O. The van der Waals surface area contributed by atoms with Crippen LogP contribution in [0.1, 0.15) is 28.4 Å². The van der Waals surface area contributed by atoms with Gasteiger partial charge in [0.05, 0.1) is 11.1 Å². The van der Waals surface area contributed by atoms with E-state index < -0.39 is 34.8 Å². The summed E-state index contributed by atoms with van der Waals surface area (Å²) in [7, 11) is 0. The summed E-state index contributed by atoms with van der Waals surface area (Å²) in [6, 6.07) is 0.730. The molecule has 0 atom stereocenters. The van der Waals surface area contributed by atoms with Crippen LogP contribution >= 0.6 is 0 Å². The first-order valence-electron chi connectivity index (χ1n) is 4.92. The van der Waals surface area contributed by atoms with Crippen molar-refractivity contribution in [3.63, 3.8) is 0 Å².